The molecule has 5 nitrogen and oxygen atoms in total. The van der Waals surface area contributed by atoms with Gasteiger partial charge in [-0.2, -0.15) is 0 Å². The predicted molar refractivity (Wildman–Crippen MR) is 123 cm³/mol. The van der Waals surface area contributed by atoms with Crippen LogP contribution in [-0.4, -0.2) is 20.5 Å². The van der Waals surface area contributed by atoms with E-state index in [1.54, 1.807) is 13.3 Å². The lowest BCUT2D eigenvalue weighted by Crippen LogP contribution is -2.31. The third-order valence-electron chi connectivity index (χ3n) is 5.16. The normalized spacial score (nSPS) is 12.5. The molecular formula is C25H24N2O3S. The molecular weight excluding hydrogens is 408 g/mol. The summed E-state index contributed by atoms with van der Waals surface area (Å²) in [4.78, 5) is 4.38. The van der Waals surface area contributed by atoms with E-state index in [4.69, 9.17) is 4.74 Å². The summed E-state index contributed by atoms with van der Waals surface area (Å²) in [6.07, 6.45) is 2.19. The van der Waals surface area contributed by atoms with Gasteiger partial charge in [-0.15, -0.1) is 0 Å². The highest BCUT2D eigenvalue weighted by molar-refractivity contribution is 7.88. The van der Waals surface area contributed by atoms with E-state index < -0.39 is 16.1 Å². The molecule has 0 spiro atoms. The van der Waals surface area contributed by atoms with Gasteiger partial charge in [0.1, 0.15) is 5.75 Å². The number of pyridine rings is 1. The fourth-order valence-electron chi connectivity index (χ4n) is 3.70. The second-order valence-corrected chi connectivity index (χ2v) is 9.14. The van der Waals surface area contributed by atoms with Crippen molar-refractivity contribution in [1.29, 1.82) is 0 Å². The Morgan fingerprint density at radius 2 is 1.71 bits per heavy atom. The van der Waals surface area contributed by atoms with Crippen LogP contribution in [0.5, 0.6) is 5.75 Å². The number of hydrogen-bond donors (Lipinski definition) is 1. The first-order chi connectivity index (χ1) is 15.0. The number of sulfonamides is 1. The monoisotopic (exact) mass is 432 g/mol. The molecule has 0 aliphatic carbocycles. The molecule has 0 bridgehead atoms. The van der Waals surface area contributed by atoms with E-state index in [0.29, 0.717) is 17.5 Å². The molecule has 0 saturated heterocycles. The second-order valence-electron chi connectivity index (χ2n) is 7.39. The number of methoxy groups -OCH3 is 1. The first-order valence-electron chi connectivity index (χ1n) is 10.0. The van der Waals surface area contributed by atoms with Crippen LogP contribution in [0.2, 0.25) is 0 Å². The Bertz CT molecular complexity index is 1270. The maximum atomic E-state index is 13.2. The van der Waals surface area contributed by atoms with Crippen LogP contribution >= 0.6 is 0 Å². The largest absolute Gasteiger partial charge is 0.497 e. The van der Waals surface area contributed by atoms with Gasteiger partial charge in [-0.25, -0.2) is 13.1 Å². The Hall–Kier alpha value is -3.22. The van der Waals surface area contributed by atoms with Gasteiger partial charge in [-0.1, -0.05) is 66.7 Å². The molecule has 31 heavy (non-hydrogen) atoms. The number of aromatic nitrogens is 1. The lowest BCUT2D eigenvalue weighted by Gasteiger charge is -2.20. The van der Waals surface area contributed by atoms with Gasteiger partial charge in [-0.05, 0) is 41.3 Å². The van der Waals surface area contributed by atoms with Gasteiger partial charge in [0.2, 0.25) is 10.0 Å². The number of fused-ring (bicyclic) bond motifs is 1. The van der Waals surface area contributed by atoms with Crippen molar-refractivity contribution in [2.75, 3.05) is 7.11 Å². The second kappa shape index (κ2) is 9.29. The van der Waals surface area contributed by atoms with Crippen LogP contribution in [0.3, 0.4) is 0 Å². The summed E-state index contributed by atoms with van der Waals surface area (Å²) in [5, 5.41) is 0.922. The quantitative estimate of drug-likeness (QED) is 0.440. The zero-order valence-corrected chi connectivity index (χ0v) is 18.0. The Kier molecular flexibility index (Phi) is 6.30. The lowest BCUT2D eigenvalue weighted by molar-refractivity contribution is 0.414. The average Bonchev–Trinajstić information content (AvgIpc) is 2.79. The SMILES string of the molecule is COc1cccc(CC(NS(=O)(=O)Cc2cccc3cccnc23)c2ccccc2)c1. The summed E-state index contributed by atoms with van der Waals surface area (Å²) in [5.41, 5.74) is 3.28. The minimum Gasteiger partial charge on any atom is -0.497 e. The van der Waals surface area contributed by atoms with Crippen molar-refractivity contribution in [3.8, 4) is 5.75 Å². The first-order valence-corrected chi connectivity index (χ1v) is 11.7. The smallest absolute Gasteiger partial charge is 0.216 e. The summed E-state index contributed by atoms with van der Waals surface area (Å²) in [5.74, 6) is 0.608. The van der Waals surface area contributed by atoms with Gasteiger partial charge < -0.3 is 4.74 Å². The van der Waals surface area contributed by atoms with Gasteiger partial charge in [0, 0.05) is 11.6 Å². The third kappa shape index (κ3) is 5.29. The van der Waals surface area contributed by atoms with E-state index in [1.807, 2.05) is 84.9 Å². The van der Waals surface area contributed by atoms with Crippen molar-refractivity contribution in [2.45, 2.75) is 18.2 Å². The lowest BCUT2D eigenvalue weighted by atomic mass is 10.00. The fraction of sp³-hybridized carbons (Fsp3) is 0.160. The molecule has 0 radical (unpaired) electrons. The molecule has 0 aliphatic rings. The molecule has 0 amide bonds. The van der Waals surface area contributed by atoms with Crippen molar-refractivity contribution >= 4 is 20.9 Å². The van der Waals surface area contributed by atoms with Gasteiger partial charge in [0.15, 0.2) is 0 Å². The first kappa shape index (κ1) is 21.0. The Morgan fingerprint density at radius 1 is 0.935 bits per heavy atom. The van der Waals surface area contributed by atoms with E-state index >= 15 is 0 Å². The van der Waals surface area contributed by atoms with E-state index in [1.165, 1.54) is 0 Å². The van der Waals surface area contributed by atoms with Crippen LogP contribution in [0.4, 0.5) is 0 Å². The summed E-state index contributed by atoms with van der Waals surface area (Å²) in [6, 6.07) is 26.3. The molecule has 4 rings (SSSR count). The van der Waals surface area contributed by atoms with E-state index in [0.717, 1.165) is 22.3 Å². The molecule has 0 saturated carbocycles. The zero-order valence-electron chi connectivity index (χ0n) is 17.2. The van der Waals surface area contributed by atoms with Gasteiger partial charge in [-0.3, -0.25) is 4.98 Å². The maximum absolute atomic E-state index is 13.2. The minimum atomic E-state index is -3.63. The van der Waals surface area contributed by atoms with E-state index in [9.17, 15) is 8.42 Å². The van der Waals surface area contributed by atoms with E-state index in [-0.39, 0.29) is 5.75 Å². The molecule has 6 heteroatoms. The Labute approximate surface area is 182 Å². The molecule has 0 aliphatic heterocycles. The molecule has 1 heterocycles. The van der Waals surface area contributed by atoms with Gasteiger partial charge in [0.05, 0.1) is 24.4 Å². The molecule has 1 unspecified atom stereocenters. The van der Waals surface area contributed by atoms with Crippen LogP contribution in [0.25, 0.3) is 10.9 Å². The van der Waals surface area contributed by atoms with Crippen LogP contribution in [-0.2, 0) is 22.2 Å². The number of ether oxygens (including phenoxy) is 1. The minimum absolute atomic E-state index is 0.136. The van der Waals surface area contributed by atoms with Crippen molar-refractivity contribution in [1.82, 2.24) is 9.71 Å². The number of rotatable bonds is 8. The van der Waals surface area contributed by atoms with Crippen molar-refractivity contribution in [2.24, 2.45) is 0 Å². The number of nitrogens with one attached hydrogen (secondary N) is 1. The highest BCUT2D eigenvalue weighted by Gasteiger charge is 2.21. The van der Waals surface area contributed by atoms with Gasteiger partial charge in [0.25, 0.3) is 0 Å². The molecule has 1 N–H and O–H groups in total. The number of hydrogen-bond acceptors (Lipinski definition) is 4. The fourth-order valence-corrected chi connectivity index (χ4v) is 5.07. The standard InChI is InChI=1S/C25H24N2O3S/c1-30-23-14-5-8-19(16-23)17-24(20-9-3-2-4-10-20)27-31(28,29)18-22-12-6-11-21-13-7-15-26-25(21)22/h2-16,24,27H,17-18H2,1H3. The Morgan fingerprint density at radius 3 is 2.52 bits per heavy atom. The van der Waals surface area contributed by atoms with Gasteiger partial charge >= 0.3 is 0 Å². The van der Waals surface area contributed by atoms with Crippen molar-refractivity contribution in [3.63, 3.8) is 0 Å². The van der Waals surface area contributed by atoms with E-state index in [2.05, 4.69) is 9.71 Å². The molecule has 4 aromatic rings. The molecule has 1 aromatic heterocycles. The number of benzene rings is 3. The van der Waals surface area contributed by atoms with Crippen LogP contribution in [0.1, 0.15) is 22.7 Å². The van der Waals surface area contributed by atoms with Crippen LogP contribution < -0.4 is 9.46 Å². The molecule has 3 aromatic carbocycles. The molecule has 0 fully saturated rings. The van der Waals surface area contributed by atoms with Crippen molar-refractivity contribution < 1.29 is 13.2 Å². The summed E-state index contributed by atoms with van der Waals surface area (Å²) < 4.78 is 34.6. The highest BCUT2D eigenvalue weighted by atomic mass is 32.2. The number of nitrogens with zero attached hydrogens (tertiary/aromatic N) is 1. The van der Waals surface area contributed by atoms with Crippen molar-refractivity contribution in [3.05, 3.63) is 108 Å². The highest BCUT2D eigenvalue weighted by Crippen LogP contribution is 2.24. The van der Waals surface area contributed by atoms with Crippen LogP contribution in [0, 0.1) is 0 Å². The maximum Gasteiger partial charge on any atom is 0.216 e. The zero-order chi connectivity index (χ0) is 21.7. The molecule has 158 valence electrons. The van der Waals surface area contributed by atoms with Crippen LogP contribution in [0.15, 0.2) is 91.1 Å². The predicted octanol–water partition coefficient (Wildman–Crippen LogP) is 4.65. The summed E-state index contributed by atoms with van der Waals surface area (Å²) >= 11 is 0. The average molecular weight is 433 g/mol. The summed E-state index contributed by atoms with van der Waals surface area (Å²) in [7, 11) is -2.01. The Balaban J connectivity index is 1.62. The third-order valence-corrected chi connectivity index (χ3v) is 6.49. The molecule has 1 atom stereocenters. The number of para-hydroxylation sites is 1. The topological polar surface area (TPSA) is 68.3 Å². The summed E-state index contributed by atoms with van der Waals surface area (Å²) in [6.45, 7) is 0.